The predicted molar refractivity (Wildman–Crippen MR) is 70.7 cm³/mol. The molecule has 1 saturated carbocycles. The summed E-state index contributed by atoms with van der Waals surface area (Å²) >= 11 is 0. The molecule has 2 aliphatic rings. The molecule has 100 valence electrons. The monoisotopic (exact) mass is 249 g/mol. The fourth-order valence-electron chi connectivity index (χ4n) is 3.39. The maximum Gasteiger partial charge on any atom is 0.324 e. The van der Waals surface area contributed by atoms with Crippen molar-refractivity contribution in [3.05, 3.63) is 5.82 Å². The first-order chi connectivity index (χ1) is 8.69. The van der Waals surface area contributed by atoms with Crippen LogP contribution in [-0.4, -0.2) is 23.2 Å². The second kappa shape index (κ2) is 4.56. The third-order valence-corrected chi connectivity index (χ3v) is 4.71. The van der Waals surface area contributed by atoms with Crippen LogP contribution in [0, 0.1) is 5.41 Å². The van der Waals surface area contributed by atoms with Gasteiger partial charge in [-0.2, -0.15) is 4.98 Å². The van der Waals surface area contributed by atoms with Crippen molar-refractivity contribution in [1.29, 1.82) is 0 Å². The number of hydrogen-bond acceptors (Lipinski definition) is 4. The summed E-state index contributed by atoms with van der Waals surface area (Å²) in [5.41, 5.74) is 0.650. The molecule has 1 spiro atoms. The maximum absolute atomic E-state index is 5.38. The summed E-state index contributed by atoms with van der Waals surface area (Å²) in [5, 5.41) is 4.05. The fourth-order valence-corrected chi connectivity index (χ4v) is 3.39. The van der Waals surface area contributed by atoms with Gasteiger partial charge in [0, 0.05) is 19.0 Å². The van der Waals surface area contributed by atoms with Gasteiger partial charge in [-0.15, -0.1) is 0 Å². The third kappa shape index (κ3) is 2.13. The lowest BCUT2D eigenvalue weighted by Gasteiger charge is -2.38. The van der Waals surface area contributed by atoms with Gasteiger partial charge in [-0.1, -0.05) is 31.8 Å². The smallest absolute Gasteiger partial charge is 0.324 e. The molecule has 0 amide bonds. The summed E-state index contributed by atoms with van der Waals surface area (Å²) in [6, 6.07) is 0.728. The Morgan fingerprint density at radius 2 is 1.78 bits per heavy atom. The summed E-state index contributed by atoms with van der Waals surface area (Å²) in [7, 11) is 0. The van der Waals surface area contributed by atoms with Crippen molar-refractivity contribution in [1.82, 2.24) is 10.1 Å². The second-order valence-electron chi connectivity index (χ2n) is 6.28. The highest BCUT2D eigenvalue weighted by Gasteiger charge is 2.37. The first-order valence-electron chi connectivity index (χ1n) is 7.27. The minimum atomic E-state index is 0.341. The number of piperidine rings is 1. The van der Waals surface area contributed by atoms with Crippen LogP contribution >= 0.6 is 0 Å². The molecule has 1 aliphatic carbocycles. The molecule has 2 heterocycles. The zero-order valence-electron chi connectivity index (χ0n) is 11.5. The van der Waals surface area contributed by atoms with Crippen molar-refractivity contribution in [3.8, 4) is 0 Å². The lowest BCUT2D eigenvalue weighted by atomic mass is 9.77. The normalized spacial score (nSPS) is 23.2. The van der Waals surface area contributed by atoms with Crippen LogP contribution in [0.4, 0.5) is 6.01 Å². The predicted octanol–water partition coefficient (Wildman–Crippen LogP) is 3.35. The highest BCUT2D eigenvalue weighted by molar-refractivity contribution is 5.26. The summed E-state index contributed by atoms with van der Waals surface area (Å²) < 4.78 is 5.38. The van der Waals surface area contributed by atoms with Crippen molar-refractivity contribution in [2.75, 3.05) is 18.0 Å². The van der Waals surface area contributed by atoms with Crippen LogP contribution in [0.25, 0.3) is 0 Å². The van der Waals surface area contributed by atoms with Crippen LogP contribution in [0.5, 0.6) is 0 Å². The second-order valence-corrected chi connectivity index (χ2v) is 6.28. The van der Waals surface area contributed by atoms with Crippen LogP contribution in [0.3, 0.4) is 0 Å². The van der Waals surface area contributed by atoms with E-state index in [-0.39, 0.29) is 0 Å². The number of aromatic nitrogens is 2. The molecule has 1 aliphatic heterocycles. The summed E-state index contributed by atoms with van der Waals surface area (Å²) in [4.78, 5) is 6.76. The van der Waals surface area contributed by atoms with E-state index in [1.165, 1.54) is 38.5 Å². The third-order valence-electron chi connectivity index (χ3n) is 4.71. The Hall–Kier alpha value is -1.06. The van der Waals surface area contributed by atoms with Gasteiger partial charge in [0.15, 0.2) is 5.82 Å². The van der Waals surface area contributed by atoms with E-state index in [1.54, 1.807) is 0 Å². The van der Waals surface area contributed by atoms with Gasteiger partial charge in [0.1, 0.15) is 0 Å². The lowest BCUT2D eigenvalue weighted by Crippen LogP contribution is -2.39. The van der Waals surface area contributed by atoms with E-state index in [0.717, 1.165) is 24.9 Å². The van der Waals surface area contributed by atoms with E-state index in [1.807, 2.05) is 0 Å². The van der Waals surface area contributed by atoms with E-state index in [4.69, 9.17) is 4.52 Å². The molecule has 2 fully saturated rings. The van der Waals surface area contributed by atoms with Crippen molar-refractivity contribution in [2.45, 2.75) is 58.3 Å². The SMILES string of the molecule is CC(C)c1noc(N2CCC3(CCCC3)CC2)n1. The van der Waals surface area contributed by atoms with Gasteiger partial charge >= 0.3 is 6.01 Å². The molecule has 1 aromatic heterocycles. The molecule has 1 aromatic rings. The number of hydrogen-bond donors (Lipinski definition) is 0. The summed E-state index contributed by atoms with van der Waals surface area (Å²) in [6.07, 6.45) is 8.32. The van der Waals surface area contributed by atoms with Crippen LogP contribution in [0.15, 0.2) is 4.52 Å². The Labute approximate surface area is 109 Å². The maximum atomic E-state index is 5.38. The van der Waals surface area contributed by atoms with E-state index < -0.39 is 0 Å². The summed E-state index contributed by atoms with van der Waals surface area (Å²) in [5.74, 6) is 1.17. The Morgan fingerprint density at radius 1 is 1.11 bits per heavy atom. The van der Waals surface area contributed by atoms with E-state index in [9.17, 15) is 0 Å². The molecule has 18 heavy (non-hydrogen) atoms. The molecule has 0 unspecified atom stereocenters. The zero-order chi connectivity index (χ0) is 12.6. The molecule has 0 aromatic carbocycles. The number of nitrogens with zero attached hydrogens (tertiary/aromatic N) is 3. The van der Waals surface area contributed by atoms with E-state index in [0.29, 0.717) is 11.3 Å². The van der Waals surface area contributed by atoms with Crippen LogP contribution in [-0.2, 0) is 0 Å². The van der Waals surface area contributed by atoms with Crippen molar-refractivity contribution < 1.29 is 4.52 Å². The Kier molecular flexibility index (Phi) is 3.04. The van der Waals surface area contributed by atoms with Crippen LogP contribution in [0.1, 0.15) is 64.1 Å². The minimum absolute atomic E-state index is 0.341. The Morgan fingerprint density at radius 3 is 2.33 bits per heavy atom. The Balaban J connectivity index is 1.64. The average Bonchev–Trinajstić information content (AvgIpc) is 3.00. The van der Waals surface area contributed by atoms with Gasteiger partial charge in [0.25, 0.3) is 0 Å². The zero-order valence-corrected chi connectivity index (χ0v) is 11.5. The van der Waals surface area contributed by atoms with Gasteiger partial charge < -0.3 is 9.42 Å². The average molecular weight is 249 g/mol. The molecule has 0 bridgehead atoms. The molecule has 0 radical (unpaired) electrons. The number of rotatable bonds is 2. The largest absolute Gasteiger partial charge is 0.324 e. The molecule has 4 nitrogen and oxygen atoms in total. The Bertz CT molecular complexity index is 397. The van der Waals surface area contributed by atoms with Crippen molar-refractivity contribution >= 4 is 6.01 Å². The topological polar surface area (TPSA) is 42.2 Å². The number of anilines is 1. The quantitative estimate of drug-likeness (QED) is 0.806. The first-order valence-corrected chi connectivity index (χ1v) is 7.27. The van der Waals surface area contributed by atoms with Gasteiger partial charge in [-0.3, -0.25) is 0 Å². The van der Waals surface area contributed by atoms with Gasteiger partial charge in [-0.25, -0.2) is 0 Å². The van der Waals surface area contributed by atoms with Crippen LogP contribution in [0.2, 0.25) is 0 Å². The van der Waals surface area contributed by atoms with Gasteiger partial charge in [0.2, 0.25) is 0 Å². The fraction of sp³-hybridized carbons (Fsp3) is 0.857. The first kappa shape index (κ1) is 12.0. The molecule has 1 saturated heterocycles. The van der Waals surface area contributed by atoms with Crippen LogP contribution < -0.4 is 4.90 Å². The molecular formula is C14H23N3O. The van der Waals surface area contributed by atoms with Gasteiger partial charge in [-0.05, 0) is 31.1 Å². The van der Waals surface area contributed by atoms with Gasteiger partial charge in [0.05, 0.1) is 0 Å². The molecule has 4 heteroatoms. The molecule has 0 N–H and O–H groups in total. The highest BCUT2D eigenvalue weighted by Crippen LogP contribution is 2.46. The van der Waals surface area contributed by atoms with E-state index >= 15 is 0 Å². The lowest BCUT2D eigenvalue weighted by molar-refractivity contribution is 0.220. The van der Waals surface area contributed by atoms with Crippen molar-refractivity contribution in [3.63, 3.8) is 0 Å². The molecule has 0 atom stereocenters. The van der Waals surface area contributed by atoms with Crippen molar-refractivity contribution in [2.24, 2.45) is 5.41 Å². The summed E-state index contributed by atoms with van der Waals surface area (Å²) in [6.45, 7) is 6.36. The minimum Gasteiger partial charge on any atom is -0.324 e. The molecule has 3 rings (SSSR count). The van der Waals surface area contributed by atoms with E-state index in [2.05, 4.69) is 28.9 Å². The highest BCUT2D eigenvalue weighted by atomic mass is 16.5. The molecular weight excluding hydrogens is 226 g/mol. The standard InChI is InChI=1S/C14H23N3O/c1-11(2)12-15-13(18-16-12)17-9-7-14(8-10-17)5-3-4-6-14/h11H,3-10H2,1-2H3.